The molecule has 5 rings (SSSR count). The monoisotopic (exact) mass is 502 g/mol. The lowest BCUT2D eigenvalue weighted by molar-refractivity contribution is -0.146. The number of benzene rings is 1. The Morgan fingerprint density at radius 1 is 1.24 bits per heavy atom. The number of aryl methyl sites for hydroxylation is 1. The van der Waals surface area contributed by atoms with E-state index in [0.717, 1.165) is 11.1 Å². The number of carbonyl (C=O) groups excluding carboxylic acids is 2. The third kappa shape index (κ3) is 3.74. The summed E-state index contributed by atoms with van der Waals surface area (Å²) in [6.07, 6.45) is 6.47. The second-order valence-electron chi connectivity index (χ2n) is 9.58. The van der Waals surface area contributed by atoms with Gasteiger partial charge in [-0.05, 0) is 38.1 Å². The normalized spacial score (nSPS) is 17.4. The third-order valence-electron chi connectivity index (χ3n) is 6.87. The van der Waals surface area contributed by atoms with E-state index >= 15 is 4.39 Å². The number of piperazine rings is 1. The first-order valence-electron chi connectivity index (χ1n) is 11.7. The van der Waals surface area contributed by atoms with Crippen molar-refractivity contribution >= 4 is 28.8 Å². The fraction of sp³-hybridized carbons (Fsp3) is 0.269. The maximum Gasteiger partial charge on any atom is 0.253 e. The minimum absolute atomic E-state index is 0.0867. The second kappa shape index (κ2) is 8.54. The van der Waals surface area contributed by atoms with Crippen molar-refractivity contribution in [3.63, 3.8) is 0 Å². The smallest absolute Gasteiger partial charge is 0.253 e. The van der Waals surface area contributed by atoms with E-state index in [2.05, 4.69) is 21.8 Å². The molecule has 10 nitrogen and oxygen atoms in total. The molecule has 11 heteroatoms. The zero-order valence-corrected chi connectivity index (χ0v) is 21.0. The molecule has 2 amide bonds. The summed E-state index contributed by atoms with van der Waals surface area (Å²) in [6.45, 7) is 8.77. The van der Waals surface area contributed by atoms with Gasteiger partial charge in [-0.2, -0.15) is 10.2 Å². The maximum atomic E-state index is 15.3. The predicted molar refractivity (Wildman–Crippen MR) is 138 cm³/mol. The van der Waals surface area contributed by atoms with E-state index in [1.165, 1.54) is 29.1 Å². The van der Waals surface area contributed by atoms with Crippen molar-refractivity contribution in [2.75, 3.05) is 17.2 Å². The first kappa shape index (κ1) is 24.2. The van der Waals surface area contributed by atoms with Crippen molar-refractivity contribution in [3.8, 4) is 22.4 Å². The van der Waals surface area contributed by atoms with Crippen molar-refractivity contribution in [3.05, 3.63) is 61.5 Å². The van der Waals surface area contributed by atoms with Crippen LogP contribution in [0.25, 0.3) is 27.9 Å². The van der Waals surface area contributed by atoms with E-state index in [0.29, 0.717) is 16.8 Å². The van der Waals surface area contributed by atoms with Crippen LogP contribution in [0.1, 0.15) is 20.8 Å². The molecule has 0 unspecified atom stereocenters. The molecule has 1 atom stereocenters. The molecule has 190 valence electrons. The quantitative estimate of drug-likeness (QED) is 0.429. The van der Waals surface area contributed by atoms with Gasteiger partial charge in [0.05, 0.1) is 23.6 Å². The summed E-state index contributed by atoms with van der Waals surface area (Å²) in [6, 6.07) is 5.82. The predicted octanol–water partition coefficient (Wildman–Crippen LogP) is 3.05. The van der Waals surface area contributed by atoms with Crippen molar-refractivity contribution in [1.29, 1.82) is 0 Å². The minimum Gasteiger partial charge on any atom is -0.382 e. The Labute approximate surface area is 212 Å². The van der Waals surface area contributed by atoms with Crippen LogP contribution in [-0.4, -0.2) is 59.2 Å². The fourth-order valence-corrected chi connectivity index (χ4v) is 4.96. The van der Waals surface area contributed by atoms with Gasteiger partial charge in [0, 0.05) is 43.4 Å². The molecular weight excluding hydrogens is 475 g/mol. The number of carbonyl (C=O) groups is 2. The first-order valence-corrected chi connectivity index (χ1v) is 11.7. The summed E-state index contributed by atoms with van der Waals surface area (Å²) in [5, 5.41) is 8.65. The van der Waals surface area contributed by atoms with Gasteiger partial charge in [0.15, 0.2) is 5.82 Å². The molecule has 0 aliphatic carbocycles. The molecule has 0 bridgehead atoms. The number of hydrogen-bond acceptors (Lipinski definition) is 6. The molecular formula is C26H27FN8O2. The number of hydrogen-bond donors (Lipinski definition) is 1. The minimum atomic E-state index is -1.16. The van der Waals surface area contributed by atoms with Gasteiger partial charge in [0.1, 0.15) is 23.2 Å². The van der Waals surface area contributed by atoms with Crippen LogP contribution in [0.3, 0.4) is 0 Å². The van der Waals surface area contributed by atoms with Crippen LogP contribution in [-0.2, 0) is 16.6 Å². The molecule has 0 saturated carbocycles. The van der Waals surface area contributed by atoms with Gasteiger partial charge in [-0.25, -0.2) is 13.9 Å². The molecule has 1 aliphatic rings. The zero-order chi connectivity index (χ0) is 26.6. The highest BCUT2D eigenvalue weighted by molar-refractivity contribution is 6.04. The topological polar surface area (TPSA) is 115 Å². The van der Waals surface area contributed by atoms with E-state index in [1.54, 1.807) is 47.5 Å². The average molecular weight is 503 g/mol. The molecule has 0 radical (unpaired) electrons. The van der Waals surface area contributed by atoms with E-state index in [1.807, 2.05) is 19.3 Å². The Balaban J connectivity index is 1.68. The van der Waals surface area contributed by atoms with E-state index < -0.39 is 23.3 Å². The third-order valence-corrected chi connectivity index (χ3v) is 6.87. The highest BCUT2D eigenvalue weighted by Gasteiger charge is 2.47. The lowest BCUT2D eigenvalue weighted by Gasteiger charge is -2.49. The number of halogens is 1. The summed E-state index contributed by atoms with van der Waals surface area (Å²) < 4.78 is 18.7. The highest BCUT2D eigenvalue weighted by Crippen LogP contribution is 2.38. The molecule has 1 aromatic carbocycles. The van der Waals surface area contributed by atoms with Gasteiger partial charge < -0.3 is 10.6 Å². The number of nitrogens with zero attached hydrogens (tertiary/aromatic N) is 7. The zero-order valence-electron chi connectivity index (χ0n) is 21.0. The van der Waals surface area contributed by atoms with Crippen LogP contribution in [0.4, 0.5) is 15.9 Å². The summed E-state index contributed by atoms with van der Waals surface area (Å²) in [5.41, 5.74) is 8.58. The standard InChI is InChI=1S/C26H27FN8O2/c1-6-18-13-33(15(2)36)26(3,4)25(37)34(18)22-9-16(7-8-20(22)27)21-10-19(17-11-30-32(5)12-17)23-24(28)29-14-31-35(21)23/h6-12,14,18H,1,13H2,2-5H3,(H2,28,29,31)/t18-/m0/s1. The second-order valence-corrected chi connectivity index (χ2v) is 9.58. The molecule has 4 aromatic rings. The summed E-state index contributed by atoms with van der Waals surface area (Å²) in [7, 11) is 1.81. The number of fused-ring (bicyclic) bond motifs is 1. The van der Waals surface area contributed by atoms with Crippen LogP contribution >= 0.6 is 0 Å². The molecule has 3 aromatic heterocycles. The van der Waals surface area contributed by atoms with Crippen LogP contribution in [0, 0.1) is 5.82 Å². The first-order chi connectivity index (χ1) is 17.5. The summed E-state index contributed by atoms with van der Waals surface area (Å²) in [4.78, 5) is 32.9. The summed E-state index contributed by atoms with van der Waals surface area (Å²) >= 11 is 0. The lowest BCUT2D eigenvalue weighted by atomic mass is 9.93. The molecule has 1 fully saturated rings. The fourth-order valence-electron chi connectivity index (χ4n) is 4.96. The van der Waals surface area contributed by atoms with Gasteiger partial charge in [-0.15, -0.1) is 6.58 Å². The van der Waals surface area contributed by atoms with Crippen molar-refractivity contribution in [2.24, 2.45) is 7.05 Å². The SMILES string of the molecule is C=C[C@H]1CN(C(C)=O)C(C)(C)C(=O)N1c1cc(-c2cc(-c3cnn(C)c3)c3c(N)ncnn23)ccc1F. The number of nitrogens with two attached hydrogens (primary N) is 1. The highest BCUT2D eigenvalue weighted by atomic mass is 19.1. The Kier molecular flexibility index (Phi) is 5.58. The molecule has 1 saturated heterocycles. The Morgan fingerprint density at radius 3 is 2.65 bits per heavy atom. The van der Waals surface area contributed by atoms with Gasteiger partial charge in [-0.3, -0.25) is 19.2 Å². The van der Waals surface area contributed by atoms with Crippen molar-refractivity contribution in [2.45, 2.75) is 32.4 Å². The van der Waals surface area contributed by atoms with Crippen molar-refractivity contribution in [1.82, 2.24) is 29.3 Å². The lowest BCUT2D eigenvalue weighted by Crippen LogP contribution is -2.67. The number of amides is 2. The van der Waals surface area contributed by atoms with Gasteiger partial charge in [0.25, 0.3) is 5.91 Å². The van der Waals surface area contributed by atoms with Gasteiger partial charge in [-0.1, -0.05) is 6.08 Å². The average Bonchev–Trinajstić information content (AvgIpc) is 3.45. The molecule has 37 heavy (non-hydrogen) atoms. The Morgan fingerprint density at radius 2 is 2.00 bits per heavy atom. The molecule has 1 aliphatic heterocycles. The van der Waals surface area contributed by atoms with Crippen LogP contribution in [0.5, 0.6) is 0 Å². The number of rotatable bonds is 4. The van der Waals surface area contributed by atoms with E-state index in [-0.39, 0.29) is 24.0 Å². The van der Waals surface area contributed by atoms with Gasteiger partial charge >= 0.3 is 0 Å². The number of anilines is 2. The van der Waals surface area contributed by atoms with Crippen LogP contribution < -0.4 is 10.6 Å². The largest absolute Gasteiger partial charge is 0.382 e. The Hall–Kier alpha value is -4.54. The molecule has 4 heterocycles. The van der Waals surface area contributed by atoms with Crippen LogP contribution in [0.15, 0.2) is 55.6 Å². The molecule has 0 spiro atoms. The summed E-state index contributed by atoms with van der Waals surface area (Å²) in [5.74, 6) is -0.929. The van der Waals surface area contributed by atoms with E-state index in [4.69, 9.17) is 5.73 Å². The van der Waals surface area contributed by atoms with E-state index in [9.17, 15) is 9.59 Å². The Bertz CT molecular complexity index is 1570. The van der Waals surface area contributed by atoms with Crippen molar-refractivity contribution < 1.29 is 14.0 Å². The molecule has 2 N–H and O–H groups in total. The number of aromatic nitrogens is 5. The number of nitrogen functional groups attached to an aromatic ring is 1. The van der Waals surface area contributed by atoms with Crippen LogP contribution in [0.2, 0.25) is 0 Å². The van der Waals surface area contributed by atoms with Gasteiger partial charge in [0.2, 0.25) is 5.91 Å². The maximum absolute atomic E-state index is 15.3.